The molecule has 0 radical (unpaired) electrons. The van der Waals surface area contributed by atoms with E-state index in [2.05, 4.69) is 46.4 Å². The smallest absolute Gasteiger partial charge is 0.193 e. The van der Waals surface area contributed by atoms with Crippen molar-refractivity contribution in [3.63, 3.8) is 0 Å². The topological polar surface area (TPSA) is 9.23 Å². The summed E-state index contributed by atoms with van der Waals surface area (Å²) in [5.74, 6) is 0. The van der Waals surface area contributed by atoms with Gasteiger partial charge in [-0.1, -0.05) is 96.3 Å². The lowest BCUT2D eigenvalue weighted by atomic mass is 10.1. The van der Waals surface area contributed by atoms with Crippen molar-refractivity contribution in [2.24, 2.45) is 0 Å². The predicted molar refractivity (Wildman–Crippen MR) is 118 cm³/mol. The van der Waals surface area contributed by atoms with E-state index < -0.39 is 8.32 Å². The van der Waals surface area contributed by atoms with Gasteiger partial charge in [-0.25, -0.2) is 0 Å². The SMILES string of the molecule is C=C/C=C/C=C/CCC[C@@H](C)O[Si](CCCC)(CCCC)CCCC. The monoisotopic (exact) mass is 364 g/mol. The van der Waals surface area contributed by atoms with Crippen LogP contribution in [0.15, 0.2) is 37.0 Å². The van der Waals surface area contributed by atoms with Crippen molar-refractivity contribution in [2.75, 3.05) is 0 Å². The van der Waals surface area contributed by atoms with E-state index in [1.54, 1.807) is 0 Å². The van der Waals surface area contributed by atoms with E-state index >= 15 is 0 Å². The summed E-state index contributed by atoms with van der Waals surface area (Å²) in [6.07, 6.45) is 22.1. The fraction of sp³-hybridized carbons (Fsp3) is 0.739. The molecule has 0 aromatic rings. The zero-order valence-corrected chi connectivity index (χ0v) is 18.6. The van der Waals surface area contributed by atoms with E-state index in [0.29, 0.717) is 6.10 Å². The van der Waals surface area contributed by atoms with E-state index in [9.17, 15) is 0 Å². The summed E-state index contributed by atoms with van der Waals surface area (Å²) in [5, 5.41) is 0. The molecular formula is C23H44OSi. The highest BCUT2D eigenvalue weighted by molar-refractivity contribution is 6.73. The Morgan fingerprint density at radius 2 is 1.40 bits per heavy atom. The molecule has 1 nitrogen and oxygen atoms in total. The van der Waals surface area contributed by atoms with Gasteiger partial charge in [-0.3, -0.25) is 0 Å². The summed E-state index contributed by atoms with van der Waals surface area (Å²) in [4.78, 5) is 0. The first-order valence-electron chi connectivity index (χ1n) is 10.8. The van der Waals surface area contributed by atoms with Crippen molar-refractivity contribution in [3.8, 4) is 0 Å². The fourth-order valence-electron chi connectivity index (χ4n) is 3.37. The third-order valence-electron chi connectivity index (χ3n) is 4.88. The first kappa shape index (κ1) is 24.4. The number of hydrogen-bond acceptors (Lipinski definition) is 1. The van der Waals surface area contributed by atoms with Crippen molar-refractivity contribution in [1.82, 2.24) is 0 Å². The largest absolute Gasteiger partial charge is 0.414 e. The number of allylic oxidation sites excluding steroid dienone is 5. The zero-order chi connectivity index (χ0) is 18.8. The summed E-state index contributed by atoms with van der Waals surface area (Å²) in [6, 6.07) is 4.13. The molecule has 0 heterocycles. The molecular weight excluding hydrogens is 320 g/mol. The minimum Gasteiger partial charge on any atom is -0.414 e. The Bertz CT molecular complexity index is 337. The van der Waals surface area contributed by atoms with Gasteiger partial charge in [-0.05, 0) is 44.3 Å². The average molecular weight is 365 g/mol. The molecule has 0 saturated carbocycles. The van der Waals surface area contributed by atoms with E-state index in [0.717, 1.165) is 6.42 Å². The number of hydrogen-bond donors (Lipinski definition) is 0. The third-order valence-corrected chi connectivity index (χ3v) is 9.58. The van der Waals surface area contributed by atoms with E-state index in [-0.39, 0.29) is 0 Å². The van der Waals surface area contributed by atoms with E-state index in [4.69, 9.17) is 4.43 Å². The number of unbranched alkanes of at least 4 members (excludes halogenated alkanes) is 4. The third kappa shape index (κ3) is 13.3. The van der Waals surface area contributed by atoms with Gasteiger partial charge in [0.1, 0.15) is 0 Å². The maximum Gasteiger partial charge on any atom is 0.193 e. The molecule has 0 aliphatic heterocycles. The summed E-state index contributed by atoms with van der Waals surface area (Å²) in [7, 11) is -1.55. The molecule has 146 valence electrons. The van der Waals surface area contributed by atoms with Crippen LogP contribution in [-0.2, 0) is 4.43 Å². The minimum atomic E-state index is -1.55. The molecule has 0 aliphatic rings. The summed E-state index contributed by atoms with van der Waals surface area (Å²) in [6.45, 7) is 12.9. The molecule has 0 aromatic heterocycles. The first-order chi connectivity index (χ1) is 12.1. The second kappa shape index (κ2) is 16.8. The molecule has 0 spiro atoms. The van der Waals surface area contributed by atoms with Crippen molar-refractivity contribution in [1.29, 1.82) is 0 Å². The quantitative estimate of drug-likeness (QED) is 0.143. The summed E-state index contributed by atoms with van der Waals surface area (Å²) >= 11 is 0. The standard InChI is InChI=1S/C23H44OSi/c1-6-10-14-15-16-17-18-19-23(5)24-25(20-11-7-2,21-12-8-3)22-13-9-4/h6,10,14-16,23H,1,7-9,11-13,17-22H2,2-5H3/b14-10+,16-15+/t23-/m1/s1. The molecule has 0 aliphatic carbocycles. The maximum atomic E-state index is 6.88. The van der Waals surface area contributed by atoms with Crippen LogP contribution in [0.1, 0.15) is 85.5 Å². The summed E-state index contributed by atoms with van der Waals surface area (Å²) < 4.78 is 6.88. The van der Waals surface area contributed by atoms with Gasteiger partial charge in [0.25, 0.3) is 0 Å². The van der Waals surface area contributed by atoms with Gasteiger partial charge in [-0.2, -0.15) is 0 Å². The Kier molecular flexibility index (Phi) is 16.4. The molecule has 0 N–H and O–H groups in total. The zero-order valence-electron chi connectivity index (χ0n) is 17.6. The van der Waals surface area contributed by atoms with Gasteiger partial charge in [-0.15, -0.1) is 0 Å². The second-order valence-electron chi connectivity index (χ2n) is 7.40. The molecule has 0 bridgehead atoms. The average Bonchev–Trinajstić information content (AvgIpc) is 2.62. The summed E-state index contributed by atoms with van der Waals surface area (Å²) in [5.41, 5.74) is 0. The highest BCUT2D eigenvalue weighted by atomic mass is 28.4. The van der Waals surface area contributed by atoms with E-state index in [1.165, 1.54) is 69.5 Å². The predicted octanol–water partition coefficient (Wildman–Crippen LogP) is 8.21. The lowest BCUT2D eigenvalue weighted by Crippen LogP contribution is -2.41. The van der Waals surface area contributed by atoms with Crippen LogP contribution in [0, 0.1) is 0 Å². The minimum absolute atomic E-state index is 0.425. The van der Waals surface area contributed by atoms with Crippen LogP contribution in [0.25, 0.3) is 0 Å². The van der Waals surface area contributed by atoms with Crippen molar-refractivity contribution < 1.29 is 4.43 Å². The molecule has 0 saturated heterocycles. The van der Waals surface area contributed by atoms with E-state index in [1.807, 2.05) is 18.2 Å². The van der Waals surface area contributed by atoms with Gasteiger partial charge in [0.05, 0.1) is 0 Å². The number of rotatable bonds is 17. The van der Waals surface area contributed by atoms with Crippen LogP contribution >= 0.6 is 0 Å². The van der Waals surface area contributed by atoms with Crippen LogP contribution in [0.3, 0.4) is 0 Å². The van der Waals surface area contributed by atoms with Crippen LogP contribution < -0.4 is 0 Å². The molecule has 0 rings (SSSR count). The van der Waals surface area contributed by atoms with Crippen LogP contribution in [-0.4, -0.2) is 14.4 Å². The fourth-order valence-corrected chi connectivity index (χ4v) is 8.44. The molecule has 0 amide bonds. The van der Waals surface area contributed by atoms with Gasteiger partial charge >= 0.3 is 0 Å². The lowest BCUT2D eigenvalue weighted by molar-refractivity contribution is 0.190. The Morgan fingerprint density at radius 1 is 0.840 bits per heavy atom. The van der Waals surface area contributed by atoms with Gasteiger partial charge in [0.15, 0.2) is 8.32 Å². The van der Waals surface area contributed by atoms with Crippen molar-refractivity contribution in [3.05, 3.63) is 37.0 Å². The van der Waals surface area contributed by atoms with Gasteiger partial charge in [0.2, 0.25) is 0 Å². The molecule has 0 unspecified atom stereocenters. The Morgan fingerprint density at radius 3 is 1.88 bits per heavy atom. The molecule has 0 aromatic carbocycles. The molecule has 2 heteroatoms. The molecule has 25 heavy (non-hydrogen) atoms. The van der Waals surface area contributed by atoms with Crippen LogP contribution in [0.5, 0.6) is 0 Å². The highest BCUT2D eigenvalue weighted by Gasteiger charge is 2.34. The van der Waals surface area contributed by atoms with Crippen LogP contribution in [0.4, 0.5) is 0 Å². The molecule has 1 atom stereocenters. The normalized spacial score (nSPS) is 13.8. The lowest BCUT2D eigenvalue weighted by Gasteiger charge is -2.35. The Hall–Kier alpha value is -0.603. The Balaban J connectivity index is 4.53. The van der Waals surface area contributed by atoms with Gasteiger partial charge in [0, 0.05) is 6.10 Å². The maximum absolute atomic E-state index is 6.88. The molecule has 0 fully saturated rings. The van der Waals surface area contributed by atoms with Gasteiger partial charge < -0.3 is 4.43 Å². The van der Waals surface area contributed by atoms with Crippen LogP contribution in [0.2, 0.25) is 18.1 Å². The first-order valence-corrected chi connectivity index (χ1v) is 13.3. The van der Waals surface area contributed by atoms with Crippen molar-refractivity contribution in [2.45, 2.75) is 110 Å². The Labute approximate surface area is 159 Å². The second-order valence-corrected chi connectivity index (χ2v) is 11.5. The highest BCUT2D eigenvalue weighted by Crippen LogP contribution is 2.31. The van der Waals surface area contributed by atoms with Crippen molar-refractivity contribution >= 4 is 8.32 Å².